The van der Waals surface area contributed by atoms with E-state index in [2.05, 4.69) is 20.8 Å². The van der Waals surface area contributed by atoms with E-state index in [0.717, 1.165) is 11.3 Å². The number of aromatic nitrogens is 4. The lowest BCUT2D eigenvalue weighted by atomic mass is 10.1. The van der Waals surface area contributed by atoms with Crippen LogP contribution >= 0.6 is 11.8 Å². The topological polar surface area (TPSA) is 85.8 Å². The Hall–Kier alpha value is -3.39. The van der Waals surface area contributed by atoms with Gasteiger partial charge >= 0.3 is 0 Å². The molecule has 29 heavy (non-hydrogen) atoms. The minimum Gasteiger partial charge on any atom is -0.461 e. The average Bonchev–Trinajstić information content (AvgIpc) is 3.35. The van der Waals surface area contributed by atoms with Crippen molar-refractivity contribution in [1.82, 2.24) is 20.2 Å². The standard InChI is InChI=1S/C21H19N5O2S/c1-13-4-6-15(7-5-13)19-12-18(14(2)28-19)20(27)22-16-8-10-17(11-9-16)26-21(29-3)23-24-25-26/h4-12H,1-3H3,(H,22,27). The highest BCUT2D eigenvalue weighted by Gasteiger charge is 2.16. The highest BCUT2D eigenvalue weighted by atomic mass is 32.2. The highest BCUT2D eigenvalue weighted by Crippen LogP contribution is 2.26. The molecule has 2 heterocycles. The van der Waals surface area contributed by atoms with Crippen LogP contribution in [0.4, 0.5) is 5.69 Å². The van der Waals surface area contributed by atoms with Crippen LogP contribution in [0.15, 0.2) is 64.2 Å². The number of anilines is 1. The molecular formula is C21H19N5O2S. The molecule has 0 atom stereocenters. The van der Waals surface area contributed by atoms with Crippen LogP contribution < -0.4 is 5.32 Å². The number of amides is 1. The summed E-state index contributed by atoms with van der Waals surface area (Å²) in [5.41, 5.74) is 4.11. The Kier molecular flexibility index (Phi) is 5.18. The SMILES string of the molecule is CSc1nnnn1-c1ccc(NC(=O)c2cc(-c3ccc(C)cc3)oc2C)cc1. The van der Waals surface area contributed by atoms with Crippen molar-refractivity contribution in [1.29, 1.82) is 0 Å². The number of aryl methyl sites for hydroxylation is 2. The molecule has 0 aliphatic rings. The van der Waals surface area contributed by atoms with E-state index in [9.17, 15) is 4.79 Å². The monoisotopic (exact) mass is 405 g/mol. The Balaban J connectivity index is 1.52. The first-order valence-corrected chi connectivity index (χ1v) is 10.2. The van der Waals surface area contributed by atoms with Crippen LogP contribution in [0.25, 0.3) is 17.0 Å². The molecule has 0 unspecified atom stereocenters. The second-order valence-electron chi connectivity index (χ2n) is 6.52. The Morgan fingerprint density at radius 1 is 1.07 bits per heavy atom. The van der Waals surface area contributed by atoms with Gasteiger partial charge in [0.15, 0.2) is 0 Å². The van der Waals surface area contributed by atoms with Crippen molar-refractivity contribution in [3.8, 4) is 17.0 Å². The average molecular weight is 405 g/mol. The summed E-state index contributed by atoms with van der Waals surface area (Å²) in [6.07, 6.45) is 1.91. The number of furan rings is 1. The van der Waals surface area contributed by atoms with Crippen LogP contribution in [0.2, 0.25) is 0 Å². The van der Waals surface area contributed by atoms with Gasteiger partial charge < -0.3 is 9.73 Å². The predicted molar refractivity (Wildman–Crippen MR) is 113 cm³/mol. The summed E-state index contributed by atoms with van der Waals surface area (Å²) in [7, 11) is 0. The van der Waals surface area contributed by atoms with E-state index in [1.54, 1.807) is 17.7 Å². The van der Waals surface area contributed by atoms with Gasteiger partial charge in [-0.1, -0.05) is 41.6 Å². The minimum absolute atomic E-state index is 0.218. The maximum absolute atomic E-state index is 12.7. The highest BCUT2D eigenvalue weighted by molar-refractivity contribution is 7.98. The van der Waals surface area contributed by atoms with Gasteiger partial charge in [-0.25, -0.2) is 0 Å². The number of hydrogen-bond donors (Lipinski definition) is 1. The van der Waals surface area contributed by atoms with Crippen LogP contribution in [0.3, 0.4) is 0 Å². The van der Waals surface area contributed by atoms with E-state index >= 15 is 0 Å². The molecule has 2 aromatic carbocycles. The van der Waals surface area contributed by atoms with Crippen molar-refractivity contribution in [2.24, 2.45) is 0 Å². The van der Waals surface area contributed by atoms with Crippen molar-refractivity contribution in [3.63, 3.8) is 0 Å². The molecule has 1 N–H and O–H groups in total. The summed E-state index contributed by atoms with van der Waals surface area (Å²) >= 11 is 1.46. The second kappa shape index (κ2) is 7.92. The number of nitrogens with zero attached hydrogens (tertiary/aromatic N) is 4. The molecule has 7 nitrogen and oxygen atoms in total. The van der Waals surface area contributed by atoms with Crippen molar-refractivity contribution in [2.75, 3.05) is 11.6 Å². The molecule has 8 heteroatoms. The first kappa shape index (κ1) is 18.9. The lowest BCUT2D eigenvalue weighted by molar-refractivity contribution is 0.102. The van der Waals surface area contributed by atoms with Gasteiger partial charge in [-0.05, 0) is 60.9 Å². The van der Waals surface area contributed by atoms with E-state index in [1.165, 1.54) is 17.3 Å². The number of rotatable bonds is 5. The van der Waals surface area contributed by atoms with E-state index in [0.29, 0.717) is 27.9 Å². The van der Waals surface area contributed by atoms with Crippen LogP contribution in [0.5, 0.6) is 0 Å². The second-order valence-corrected chi connectivity index (χ2v) is 7.30. The number of carbonyl (C=O) groups is 1. The third kappa shape index (κ3) is 3.93. The molecule has 0 fully saturated rings. The summed E-state index contributed by atoms with van der Waals surface area (Å²) in [5.74, 6) is 1.03. The number of tetrazole rings is 1. The van der Waals surface area contributed by atoms with E-state index in [1.807, 2.05) is 61.7 Å². The fourth-order valence-corrected chi connectivity index (χ4v) is 3.35. The van der Waals surface area contributed by atoms with Gasteiger partial charge in [0.25, 0.3) is 5.91 Å². The number of thioether (sulfide) groups is 1. The van der Waals surface area contributed by atoms with Gasteiger partial charge in [0.05, 0.1) is 11.3 Å². The molecule has 0 bridgehead atoms. The lowest BCUT2D eigenvalue weighted by Crippen LogP contribution is -2.12. The van der Waals surface area contributed by atoms with E-state index in [4.69, 9.17) is 4.42 Å². The molecule has 4 rings (SSSR count). The maximum atomic E-state index is 12.7. The molecule has 0 saturated carbocycles. The summed E-state index contributed by atoms with van der Waals surface area (Å²) < 4.78 is 7.45. The quantitative estimate of drug-likeness (QED) is 0.492. The minimum atomic E-state index is -0.218. The number of nitrogens with one attached hydrogen (secondary N) is 1. The molecule has 0 spiro atoms. The first-order chi connectivity index (χ1) is 14.0. The largest absolute Gasteiger partial charge is 0.461 e. The summed E-state index contributed by atoms with van der Waals surface area (Å²) in [5, 5.41) is 15.2. The van der Waals surface area contributed by atoms with Gasteiger partial charge in [0, 0.05) is 11.3 Å². The number of hydrogen-bond acceptors (Lipinski definition) is 6. The van der Waals surface area contributed by atoms with Crippen LogP contribution in [-0.4, -0.2) is 32.4 Å². The normalized spacial score (nSPS) is 10.9. The molecule has 0 aliphatic heterocycles. The Morgan fingerprint density at radius 3 is 2.48 bits per heavy atom. The van der Waals surface area contributed by atoms with Crippen molar-refractivity contribution in [3.05, 3.63) is 71.5 Å². The smallest absolute Gasteiger partial charge is 0.259 e. The Labute approximate surface area is 172 Å². The van der Waals surface area contributed by atoms with Crippen LogP contribution in [0, 0.1) is 13.8 Å². The number of carbonyl (C=O) groups excluding carboxylic acids is 1. The van der Waals surface area contributed by atoms with Crippen LogP contribution in [-0.2, 0) is 0 Å². The molecule has 146 valence electrons. The molecule has 4 aromatic rings. The van der Waals surface area contributed by atoms with Gasteiger partial charge in [-0.15, -0.1) is 5.10 Å². The lowest BCUT2D eigenvalue weighted by Gasteiger charge is -2.06. The Bertz CT molecular complexity index is 1150. The maximum Gasteiger partial charge on any atom is 0.259 e. The summed E-state index contributed by atoms with van der Waals surface area (Å²) in [6.45, 7) is 3.82. The predicted octanol–water partition coefficient (Wildman–Crippen LogP) is 4.51. The fourth-order valence-electron chi connectivity index (χ4n) is 2.92. The fraction of sp³-hybridized carbons (Fsp3) is 0.143. The van der Waals surface area contributed by atoms with Gasteiger partial charge in [0.1, 0.15) is 11.5 Å². The third-order valence-corrected chi connectivity index (χ3v) is 5.11. The molecule has 0 saturated heterocycles. The van der Waals surface area contributed by atoms with E-state index in [-0.39, 0.29) is 5.91 Å². The van der Waals surface area contributed by atoms with Crippen LogP contribution in [0.1, 0.15) is 21.7 Å². The molecule has 0 radical (unpaired) electrons. The van der Waals surface area contributed by atoms with Crippen molar-refractivity contribution in [2.45, 2.75) is 19.0 Å². The van der Waals surface area contributed by atoms with Crippen molar-refractivity contribution >= 4 is 23.4 Å². The van der Waals surface area contributed by atoms with Gasteiger partial charge in [-0.3, -0.25) is 4.79 Å². The van der Waals surface area contributed by atoms with E-state index < -0.39 is 0 Å². The molecule has 1 amide bonds. The molecular weight excluding hydrogens is 386 g/mol. The van der Waals surface area contributed by atoms with Crippen molar-refractivity contribution < 1.29 is 9.21 Å². The van der Waals surface area contributed by atoms with Gasteiger partial charge in [-0.2, -0.15) is 4.68 Å². The third-order valence-electron chi connectivity index (χ3n) is 4.49. The zero-order chi connectivity index (χ0) is 20.4. The molecule has 0 aliphatic carbocycles. The zero-order valence-electron chi connectivity index (χ0n) is 16.2. The Morgan fingerprint density at radius 2 is 1.79 bits per heavy atom. The summed E-state index contributed by atoms with van der Waals surface area (Å²) in [6, 6.07) is 17.1. The van der Waals surface area contributed by atoms with Gasteiger partial charge in [0.2, 0.25) is 5.16 Å². The summed E-state index contributed by atoms with van der Waals surface area (Å²) in [4.78, 5) is 12.7. The molecule has 2 aromatic heterocycles. The zero-order valence-corrected chi connectivity index (χ0v) is 17.0. The first-order valence-electron chi connectivity index (χ1n) is 8.97. The number of benzene rings is 2.